The van der Waals surface area contributed by atoms with Crippen molar-refractivity contribution in [2.75, 3.05) is 34.8 Å². The molecular formula is C34H38F4N4O5S2. The van der Waals surface area contributed by atoms with Crippen LogP contribution in [0.2, 0.25) is 0 Å². The Bertz CT molecular complexity index is 1900. The molecule has 0 aliphatic rings. The van der Waals surface area contributed by atoms with Crippen molar-refractivity contribution < 1.29 is 40.6 Å². The molecular weight excluding hydrogens is 685 g/mol. The number of hydrogen-bond acceptors (Lipinski definition) is 7. The molecule has 4 rings (SSSR count). The van der Waals surface area contributed by atoms with E-state index >= 15 is 8.78 Å². The predicted octanol–water partition coefficient (Wildman–Crippen LogP) is 6.47. The van der Waals surface area contributed by atoms with Gasteiger partial charge in [0.15, 0.2) is 16.7 Å². The van der Waals surface area contributed by atoms with Crippen LogP contribution in [-0.4, -0.2) is 79.1 Å². The van der Waals surface area contributed by atoms with Crippen LogP contribution >= 0.6 is 11.8 Å². The standard InChI is InChI=1S/C34H38F4N4O5S2/c1-34(2,21-9-14-26(36)30(16-21)47-6)31-19-39-33(42(31)23-12-10-22(35)11-13-23)48-20-25-27(37)17-24(18-28(25)38)49(45,46)41(5)29(32(43)44)8-7-15-40(3)4/h9-14,16-19,29H,7-8,15,20H2,1-6H3,(H,43,44). The van der Waals surface area contributed by atoms with Crippen molar-refractivity contribution in [3.63, 3.8) is 0 Å². The Balaban J connectivity index is 1.67. The molecule has 4 aromatic rings. The summed E-state index contributed by atoms with van der Waals surface area (Å²) in [5, 5.41) is 9.99. The molecule has 0 radical (unpaired) electrons. The molecule has 0 saturated heterocycles. The lowest BCUT2D eigenvalue weighted by atomic mass is 9.81. The quantitative estimate of drug-likeness (QED) is 0.110. The lowest BCUT2D eigenvalue weighted by Gasteiger charge is -2.28. The van der Waals surface area contributed by atoms with Crippen molar-refractivity contribution in [2.45, 2.75) is 54.0 Å². The topological polar surface area (TPSA) is 105 Å². The van der Waals surface area contributed by atoms with Crippen molar-refractivity contribution in [1.29, 1.82) is 0 Å². The third-order valence-corrected chi connectivity index (χ3v) is 11.1. The summed E-state index contributed by atoms with van der Waals surface area (Å²) < 4.78 is 93.2. The second-order valence-corrected chi connectivity index (χ2v) is 15.1. The summed E-state index contributed by atoms with van der Waals surface area (Å²) in [4.78, 5) is 17.5. The van der Waals surface area contributed by atoms with Gasteiger partial charge in [0, 0.05) is 29.5 Å². The van der Waals surface area contributed by atoms with Gasteiger partial charge in [0.05, 0.1) is 23.9 Å². The number of aromatic nitrogens is 2. The monoisotopic (exact) mass is 722 g/mol. The molecule has 1 heterocycles. The largest absolute Gasteiger partial charge is 0.494 e. The third-order valence-electron chi connectivity index (χ3n) is 8.27. The minimum atomic E-state index is -4.58. The SMILES string of the molecule is COc1cc(C(C)(C)c2cnc(SCc3c(F)cc(S(=O)(=O)N(C)C(CCCN(C)C)C(=O)O)cc3F)n2-c2ccc(F)cc2)ccc1F. The first-order chi connectivity index (χ1) is 23.0. The third kappa shape index (κ3) is 8.28. The first kappa shape index (κ1) is 37.9. The number of rotatable bonds is 15. The first-order valence-corrected chi connectivity index (χ1v) is 17.6. The molecule has 3 aromatic carbocycles. The summed E-state index contributed by atoms with van der Waals surface area (Å²) in [7, 11) is 1.43. The fourth-order valence-corrected chi connectivity index (χ4v) is 7.69. The molecule has 0 amide bonds. The summed E-state index contributed by atoms with van der Waals surface area (Å²) in [5.74, 6) is -4.94. The van der Waals surface area contributed by atoms with Gasteiger partial charge in [0.2, 0.25) is 10.0 Å². The number of carboxylic acids is 1. The molecule has 0 saturated carbocycles. The zero-order valence-corrected chi connectivity index (χ0v) is 29.5. The molecule has 0 bridgehead atoms. The maximum absolute atomic E-state index is 15.5. The van der Waals surface area contributed by atoms with Gasteiger partial charge in [-0.15, -0.1) is 0 Å². The Kier molecular flexibility index (Phi) is 11.8. The number of benzene rings is 3. The van der Waals surface area contributed by atoms with Gasteiger partial charge >= 0.3 is 5.97 Å². The number of imidazole rings is 1. The highest BCUT2D eigenvalue weighted by Gasteiger charge is 2.34. The zero-order valence-electron chi connectivity index (χ0n) is 27.9. The van der Waals surface area contributed by atoms with E-state index in [0.29, 0.717) is 51.5 Å². The lowest BCUT2D eigenvalue weighted by Crippen LogP contribution is -2.42. The van der Waals surface area contributed by atoms with Gasteiger partial charge in [0.1, 0.15) is 23.5 Å². The van der Waals surface area contributed by atoms with Crippen LogP contribution in [0.15, 0.2) is 70.8 Å². The minimum Gasteiger partial charge on any atom is -0.494 e. The van der Waals surface area contributed by atoms with Crippen molar-refractivity contribution in [3.05, 3.63) is 101 Å². The van der Waals surface area contributed by atoms with Crippen molar-refractivity contribution in [2.24, 2.45) is 0 Å². The number of ether oxygens (including phenoxy) is 1. The summed E-state index contributed by atoms with van der Waals surface area (Å²) in [6.07, 6.45) is 1.95. The minimum absolute atomic E-state index is 0.00285. The fourth-order valence-electron chi connectivity index (χ4n) is 5.31. The Morgan fingerprint density at radius 2 is 1.63 bits per heavy atom. The number of sulfonamides is 1. The summed E-state index contributed by atoms with van der Waals surface area (Å²) in [6, 6.07) is 9.91. The van der Waals surface area contributed by atoms with E-state index in [1.54, 1.807) is 37.0 Å². The molecule has 1 atom stereocenters. The smallest absolute Gasteiger partial charge is 0.322 e. The Morgan fingerprint density at radius 1 is 1.00 bits per heavy atom. The van der Waals surface area contributed by atoms with E-state index in [9.17, 15) is 27.1 Å². The van der Waals surface area contributed by atoms with Gasteiger partial charge in [-0.05, 0) is 87.6 Å². The van der Waals surface area contributed by atoms with Gasteiger partial charge in [-0.3, -0.25) is 9.36 Å². The van der Waals surface area contributed by atoms with Crippen LogP contribution in [0.1, 0.15) is 43.5 Å². The molecule has 1 N–H and O–H groups in total. The van der Waals surface area contributed by atoms with E-state index in [4.69, 9.17) is 4.74 Å². The highest BCUT2D eigenvalue weighted by atomic mass is 32.2. The Hall–Kier alpha value is -3.92. The van der Waals surface area contributed by atoms with Crippen molar-refractivity contribution in [1.82, 2.24) is 18.8 Å². The number of carbonyl (C=O) groups is 1. The van der Waals surface area contributed by atoms with E-state index in [1.165, 1.54) is 37.4 Å². The van der Waals surface area contributed by atoms with E-state index in [0.717, 1.165) is 18.8 Å². The summed E-state index contributed by atoms with van der Waals surface area (Å²) in [6.45, 7) is 4.27. The van der Waals surface area contributed by atoms with Crippen molar-refractivity contribution in [3.8, 4) is 11.4 Å². The first-order valence-electron chi connectivity index (χ1n) is 15.1. The van der Waals surface area contributed by atoms with E-state index < -0.39 is 61.2 Å². The molecule has 0 spiro atoms. The van der Waals surface area contributed by atoms with Gasteiger partial charge in [-0.1, -0.05) is 31.7 Å². The highest BCUT2D eigenvalue weighted by Crippen LogP contribution is 2.39. The highest BCUT2D eigenvalue weighted by molar-refractivity contribution is 7.98. The van der Waals surface area contributed by atoms with Gasteiger partial charge in [-0.25, -0.2) is 31.0 Å². The van der Waals surface area contributed by atoms with E-state index in [2.05, 4.69) is 4.98 Å². The van der Waals surface area contributed by atoms with Crippen LogP contribution in [0, 0.1) is 23.3 Å². The molecule has 0 aliphatic heterocycles. The molecule has 1 unspecified atom stereocenters. The lowest BCUT2D eigenvalue weighted by molar-refractivity contribution is -0.141. The van der Waals surface area contributed by atoms with Gasteiger partial charge in [-0.2, -0.15) is 4.31 Å². The molecule has 9 nitrogen and oxygen atoms in total. The fraction of sp³-hybridized carbons (Fsp3) is 0.353. The molecule has 0 aliphatic carbocycles. The van der Waals surface area contributed by atoms with Crippen LogP contribution in [-0.2, 0) is 26.0 Å². The number of methoxy groups -OCH3 is 1. The zero-order chi connectivity index (χ0) is 36.3. The summed E-state index contributed by atoms with van der Waals surface area (Å²) >= 11 is 0.961. The number of carboxylic acid groups (broad SMARTS) is 1. The van der Waals surface area contributed by atoms with Crippen molar-refractivity contribution >= 4 is 27.8 Å². The van der Waals surface area contributed by atoms with Gasteiger partial charge in [0.25, 0.3) is 0 Å². The average Bonchev–Trinajstić information content (AvgIpc) is 3.47. The molecule has 0 fully saturated rings. The number of thioether (sulfide) groups is 1. The van der Waals surface area contributed by atoms with Crippen LogP contribution in [0.5, 0.6) is 5.75 Å². The number of nitrogens with zero attached hydrogens (tertiary/aromatic N) is 4. The molecule has 264 valence electrons. The average molecular weight is 723 g/mol. The molecule has 15 heteroatoms. The van der Waals surface area contributed by atoms with Crippen LogP contribution in [0.4, 0.5) is 17.6 Å². The van der Waals surface area contributed by atoms with Crippen LogP contribution < -0.4 is 4.74 Å². The number of aliphatic carboxylic acids is 1. The summed E-state index contributed by atoms with van der Waals surface area (Å²) in [5.41, 5.74) is 0.527. The van der Waals surface area contributed by atoms with Crippen LogP contribution in [0.3, 0.4) is 0 Å². The second-order valence-electron chi connectivity index (χ2n) is 12.2. The normalized spacial score (nSPS) is 12.9. The molecule has 49 heavy (non-hydrogen) atoms. The Morgan fingerprint density at radius 3 is 2.20 bits per heavy atom. The maximum Gasteiger partial charge on any atom is 0.322 e. The second kappa shape index (κ2) is 15.3. The number of likely N-dealkylation sites (N-methyl/N-ethyl adjacent to an activating group) is 1. The number of halogens is 4. The Labute approximate surface area is 287 Å². The van der Waals surface area contributed by atoms with E-state index in [1.807, 2.05) is 18.7 Å². The number of hydrogen-bond donors (Lipinski definition) is 1. The maximum atomic E-state index is 15.5. The van der Waals surface area contributed by atoms with Crippen LogP contribution in [0.25, 0.3) is 5.69 Å². The predicted molar refractivity (Wildman–Crippen MR) is 179 cm³/mol. The molecule has 1 aromatic heterocycles. The van der Waals surface area contributed by atoms with E-state index in [-0.39, 0.29) is 17.9 Å². The van der Waals surface area contributed by atoms with Gasteiger partial charge < -0.3 is 14.7 Å².